The minimum absolute atomic E-state index is 0.00886. The smallest absolute Gasteiger partial charge is 0.226 e. The van der Waals surface area contributed by atoms with Crippen LogP contribution in [-0.4, -0.2) is 13.0 Å². The van der Waals surface area contributed by atoms with E-state index in [0.717, 1.165) is 17.9 Å². The van der Waals surface area contributed by atoms with E-state index in [4.69, 9.17) is 0 Å². The molecular formula is C18H22N2O. The van der Waals surface area contributed by atoms with E-state index in [1.807, 2.05) is 56.3 Å². The van der Waals surface area contributed by atoms with Gasteiger partial charge in [-0.3, -0.25) is 4.79 Å². The first kappa shape index (κ1) is 15.1. The van der Waals surface area contributed by atoms with E-state index in [9.17, 15) is 4.79 Å². The number of benzene rings is 2. The van der Waals surface area contributed by atoms with Gasteiger partial charge >= 0.3 is 0 Å². The lowest BCUT2D eigenvalue weighted by Crippen LogP contribution is -2.18. The molecule has 0 radical (unpaired) electrons. The Labute approximate surface area is 126 Å². The summed E-state index contributed by atoms with van der Waals surface area (Å²) >= 11 is 0. The predicted molar refractivity (Wildman–Crippen MR) is 88.5 cm³/mol. The minimum Gasteiger partial charge on any atom is -0.370 e. The number of carbonyl (C=O) groups excluding carboxylic acids is 1. The Bertz CT molecular complexity index is 576. The summed E-state index contributed by atoms with van der Waals surface area (Å²) in [4.78, 5) is 13.8. The van der Waals surface area contributed by atoms with Gasteiger partial charge < -0.3 is 10.2 Å². The molecule has 0 saturated heterocycles. The molecule has 0 aliphatic rings. The Morgan fingerprint density at radius 1 is 1.05 bits per heavy atom. The van der Waals surface area contributed by atoms with Crippen LogP contribution in [0.3, 0.4) is 0 Å². The number of amides is 1. The maximum Gasteiger partial charge on any atom is 0.226 e. The summed E-state index contributed by atoms with van der Waals surface area (Å²) in [6.45, 7) is 4.63. The Morgan fingerprint density at radius 3 is 2.24 bits per heavy atom. The molecule has 110 valence electrons. The average molecular weight is 282 g/mol. The summed E-state index contributed by atoms with van der Waals surface area (Å²) < 4.78 is 0. The van der Waals surface area contributed by atoms with Gasteiger partial charge in [-0.2, -0.15) is 0 Å². The van der Waals surface area contributed by atoms with Gasteiger partial charge in [0, 0.05) is 30.9 Å². The van der Waals surface area contributed by atoms with Crippen molar-refractivity contribution >= 4 is 17.3 Å². The van der Waals surface area contributed by atoms with Crippen molar-refractivity contribution in [3.63, 3.8) is 0 Å². The molecule has 2 aromatic carbocycles. The summed E-state index contributed by atoms with van der Waals surface area (Å²) in [5, 5.41) is 2.90. The molecule has 21 heavy (non-hydrogen) atoms. The highest BCUT2D eigenvalue weighted by Gasteiger charge is 2.07. The lowest BCUT2D eigenvalue weighted by molar-refractivity contribution is -0.118. The second-order valence-electron chi connectivity index (χ2n) is 5.53. The fraction of sp³-hybridized carbons (Fsp3) is 0.278. The molecular weight excluding hydrogens is 260 g/mol. The molecule has 0 fully saturated rings. The van der Waals surface area contributed by atoms with Gasteiger partial charge in [0.15, 0.2) is 0 Å². The zero-order valence-corrected chi connectivity index (χ0v) is 12.8. The second kappa shape index (κ2) is 6.93. The molecule has 0 spiro atoms. The van der Waals surface area contributed by atoms with Crippen molar-refractivity contribution in [2.75, 3.05) is 17.3 Å². The molecule has 2 rings (SSSR count). The van der Waals surface area contributed by atoms with Gasteiger partial charge in [-0.05, 0) is 29.8 Å². The first-order valence-electron chi connectivity index (χ1n) is 7.22. The number of nitrogens with zero attached hydrogens (tertiary/aromatic N) is 1. The minimum atomic E-state index is -0.00886. The third-order valence-corrected chi connectivity index (χ3v) is 3.36. The number of hydrogen-bond donors (Lipinski definition) is 1. The molecule has 0 saturated carbocycles. The Hall–Kier alpha value is -2.29. The van der Waals surface area contributed by atoms with Crippen LogP contribution in [0.5, 0.6) is 0 Å². The van der Waals surface area contributed by atoms with Crippen molar-refractivity contribution in [2.45, 2.75) is 20.4 Å². The standard InChI is InChI=1S/C18H22N2O/c1-14(2)18(21)19-16-9-11-17(12-10-16)20(3)13-15-7-5-4-6-8-15/h4-12,14H,13H2,1-3H3,(H,19,21). The van der Waals surface area contributed by atoms with Crippen LogP contribution in [0.1, 0.15) is 19.4 Å². The largest absolute Gasteiger partial charge is 0.370 e. The summed E-state index contributed by atoms with van der Waals surface area (Å²) in [6.07, 6.45) is 0. The van der Waals surface area contributed by atoms with Crippen molar-refractivity contribution in [2.24, 2.45) is 5.92 Å². The van der Waals surface area contributed by atoms with E-state index in [2.05, 4.69) is 29.4 Å². The van der Waals surface area contributed by atoms with E-state index >= 15 is 0 Å². The van der Waals surface area contributed by atoms with Crippen LogP contribution in [0.15, 0.2) is 54.6 Å². The van der Waals surface area contributed by atoms with Gasteiger partial charge in [0.05, 0.1) is 0 Å². The number of nitrogens with one attached hydrogen (secondary N) is 1. The van der Waals surface area contributed by atoms with Crippen molar-refractivity contribution in [1.82, 2.24) is 0 Å². The molecule has 3 nitrogen and oxygen atoms in total. The quantitative estimate of drug-likeness (QED) is 0.901. The molecule has 0 atom stereocenters. The van der Waals surface area contributed by atoms with Gasteiger partial charge in [0.25, 0.3) is 0 Å². The van der Waals surface area contributed by atoms with E-state index in [-0.39, 0.29) is 11.8 Å². The highest BCUT2D eigenvalue weighted by molar-refractivity contribution is 5.92. The number of rotatable bonds is 5. The molecule has 0 bridgehead atoms. The normalized spacial score (nSPS) is 10.5. The lowest BCUT2D eigenvalue weighted by Gasteiger charge is -2.20. The first-order valence-corrected chi connectivity index (χ1v) is 7.22. The first-order chi connectivity index (χ1) is 10.1. The van der Waals surface area contributed by atoms with Gasteiger partial charge in [-0.1, -0.05) is 44.2 Å². The van der Waals surface area contributed by atoms with E-state index < -0.39 is 0 Å². The molecule has 1 N–H and O–H groups in total. The predicted octanol–water partition coefficient (Wildman–Crippen LogP) is 3.92. The number of hydrogen-bond acceptors (Lipinski definition) is 2. The number of carbonyl (C=O) groups is 1. The van der Waals surface area contributed by atoms with Crippen molar-refractivity contribution in [3.8, 4) is 0 Å². The Balaban J connectivity index is 2.00. The zero-order chi connectivity index (χ0) is 15.2. The highest BCUT2D eigenvalue weighted by atomic mass is 16.1. The summed E-state index contributed by atoms with van der Waals surface area (Å²) in [7, 11) is 2.06. The fourth-order valence-electron chi connectivity index (χ4n) is 2.03. The van der Waals surface area contributed by atoms with Crippen molar-refractivity contribution in [3.05, 3.63) is 60.2 Å². The molecule has 0 aliphatic heterocycles. The zero-order valence-electron chi connectivity index (χ0n) is 12.8. The van der Waals surface area contributed by atoms with Crippen LogP contribution < -0.4 is 10.2 Å². The van der Waals surface area contributed by atoms with Gasteiger partial charge in [0.1, 0.15) is 0 Å². The van der Waals surface area contributed by atoms with Crippen molar-refractivity contribution < 1.29 is 4.79 Å². The van der Waals surface area contributed by atoms with Crippen LogP contribution in [-0.2, 0) is 11.3 Å². The molecule has 0 aromatic heterocycles. The van der Waals surface area contributed by atoms with Crippen LogP contribution in [0.2, 0.25) is 0 Å². The van der Waals surface area contributed by atoms with Crippen LogP contribution in [0, 0.1) is 5.92 Å². The van der Waals surface area contributed by atoms with Crippen LogP contribution >= 0.6 is 0 Å². The Kier molecular flexibility index (Phi) is 4.99. The van der Waals surface area contributed by atoms with E-state index in [1.54, 1.807) is 0 Å². The average Bonchev–Trinajstić information content (AvgIpc) is 2.48. The Morgan fingerprint density at radius 2 is 1.67 bits per heavy atom. The van der Waals surface area contributed by atoms with Crippen LogP contribution in [0.25, 0.3) is 0 Å². The lowest BCUT2D eigenvalue weighted by atomic mass is 10.2. The molecule has 0 unspecified atom stereocenters. The number of anilines is 2. The molecule has 0 aliphatic carbocycles. The van der Waals surface area contributed by atoms with Crippen molar-refractivity contribution in [1.29, 1.82) is 0 Å². The summed E-state index contributed by atoms with van der Waals surface area (Å²) in [5.41, 5.74) is 3.24. The molecule has 2 aromatic rings. The maximum absolute atomic E-state index is 11.7. The topological polar surface area (TPSA) is 32.3 Å². The SMILES string of the molecule is CC(C)C(=O)Nc1ccc(N(C)Cc2ccccc2)cc1. The maximum atomic E-state index is 11.7. The van der Waals surface area contributed by atoms with Crippen LogP contribution in [0.4, 0.5) is 11.4 Å². The monoisotopic (exact) mass is 282 g/mol. The second-order valence-corrected chi connectivity index (χ2v) is 5.53. The van der Waals surface area contributed by atoms with E-state index in [1.165, 1.54) is 5.56 Å². The third-order valence-electron chi connectivity index (χ3n) is 3.36. The molecule has 3 heteroatoms. The summed E-state index contributed by atoms with van der Waals surface area (Å²) in [5.74, 6) is 0.0332. The van der Waals surface area contributed by atoms with E-state index in [0.29, 0.717) is 0 Å². The highest BCUT2D eigenvalue weighted by Crippen LogP contribution is 2.19. The van der Waals surface area contributed by atoms with Gasteiger partial charge in [-0.15, -0.1) is 0 Å². The molecule has 1 amide bonds. The molecule has 0 heterocycles. The fourth-order valence-corrected chi connectivity index (χ4v) is 2.03. The van der Waals surface area contributed by atoms with Gasteiger partial charge in [0.2, 0.25) is 5.91 Å². The third kappa shape index (κ3) is 4.35. The summed E-state index contributed by atoms with van der Waals surface area (Å²) in [6, 6.07) is 18.3. The van der Waals surface area contributed by atoms with Gasteiger partial charge in [-0.25, -0.2) is 0 Å².